The van der Waals surface area contributed by atoms with Crippen molar-refractivity contribution in [2.75, 3.05) is 37.8 Å². The Kier molecular flexibility index (Phi) is 6.42. The summed E-state index contributed by atoms with van der Waals surface area (Å²) >= 11 is 0. The lowest BCUT2D eigenvalue weighted by Crippen LogP contribution is -2.42. The Labute approximate surface area is 126 Å². The van der Waals surface area contributed by atoms with Crippen LogP contribution in [0.15, 0.2) is 18.2 Å². The molecule has 0 amide bonds. The van der Waals surface area contributed by atoms with Gasteiger partial charge in [-0.05, 0) is 39.0 Å². The van der Waals surface area contributed by atoms with Gasteiger partial charge in [0.2, 0.25) is 0 Å². The normalized spacial score (nSPS) is 16.0. The van der Waals surface area contributed by atoms with Gasteiger partial charge in [0.05, 0.1) is 16.3 Å². The molecule has 1 aromatic rings. The molecule has 1 aromatic carbocycles. The van der Waals surface area contributed by atoms with Gasteiger partial charge in [0.15, 0.2) is 0 Å². The molecule has 1 aliphatic heterocycles. The highest BCUT2D eigenvalue weighted by atomic mass is 16.6. The average Bonchev–Trinajstić information content (AvgIpc) is 2.49. The number of non-ortho nitro benzene ring substituents is 1. The summed E-state index contributed by atoms with van der Waals surface area (Å²) in [7, 11) is 4.13. The second-order valence-electron chi connectivity index (χ2n) is 5.15. The lowest BCUT2D eigenvalue weighted by atomic mass is 10.0. The third-order valence-electron chi connectivity index (χ3n) is 3.84. The van der Waals surface area contributed by atoms with Gasteiger partial charge in [-0.25, -0.2) is 0 Å². The zero-order valence-corrected chi connectivity index (χ0v) is 13.4. The number of nitrogens with zero attached hydrogens (tertiary/aromatic N) is 3. The fourth-order valence-electron chi connectivity index (χ4n) is 2.56. The van der Waals surface area contributed by atoms with Crippen LogP contribution >= 0.6 is 0 Å². The van der Waals surface area contributed by atoms with Crippen LogP contribution in [0.4, 0.5) is 17.1 Å². The van der Waals surface area contributed by atoms with Crippen molar-refractivity contribution in [1.29, 1.82) is 0 Å². The van der Waals surface area contributed by atoms with Gasteiger partial charge in [0, 0.05) is 25.2 Å². The first-order valence-corrected chi connectivity index (χ1v) is 7.44. The van der Waals surface area contributed by atoms with Gasteiger partial charge in [0.25, 0.3) is 5.69 Å². The summed E-state index contributed by atoms with van der Waals surface area (Å²) in [6, 6.07) is 5.13. The molecule has 6 nitrogen and oxygen atoms in total. The first kappa shape index (κ1) is 17.2. The maximum absolute atomic E-state index is 10.7. The molecule has 0 aromatic heterocycles. The summed E-state index contributed by atoms with van der Waals surface area (Å²) in [5.41, 5.74) is 7.32. The second kappa shape index (κ2) is 7.83. The predicted molar refractivity (Wildman–Crippen MR) is 87.8 cm³/mol. The van der Waals surface area contributed by atoms with Crippen molar-refractivity contribution in [1.82, 2.24) is 4.90 Å². The van der Waals surface area contributed by atoms with E-state index in [4.69, 9.17) is 5.73 Å². The van der Waals surface area contributed by atoms with Crippen molar-refractivity contribution >= 4 is 17.1 Å². The molecular formula is C15H26N4O2. The van der Waals surface area contributed by atoms with Crippen LogP contribution in [0.2, 0.25) is 0 Å². The number of likely N-dealkylation sites (tertiary alicyclic amines) is 1. The summed E-state index contributed by atoms with van der Waals surface area (Å²) in [4.78, 5) is 14.7. The van der Waals surface area contributed by atoms with Crippen LogP contribution in [0.25, 0.3) is 0 Å². The zero-order valence-electron chi connectivity index (χ0n) is 13.4. The Morgan fingerprint density at radius 3 is 2.38 bits per heavy atom. The number of nitro groups is 1. The van der Waals surface area contributed by atoms with Crippen LogP contribution in [-0.2, 0) is 0 Å². The van der Waals surface area contributed by atoms with Gasteiger partial charge in [-0.3, -0.25) is 10.1 Å². The quantitative estimate of drug-likeness (QED) is 0.527. The molecule has 0 bridgehead atoms. The van der Waals surface area contributed by atoms with Crippen molar-refractivity contribution in [3.63, 3.8) is 0 Å². The number of nitrogen functional groups attached to an aromatic ring is 1. The van der Waals surface area contributed by atoms with E-state index in [1.54, 1.807) is 6.07 Å². The highest BCUT2D eigenvalue weighted by molar-refractivity contribution is 5.70. The van der Waals surface area contributed by atoms with E-state index >= 15 is 0 Å². The van der Waals surface area contributed by atoms with E-state index < -0.39 is 4.92 Å². The van der Waals surface area contributed by atoms with Crippen LogP contribution < -0.4 is 10.6 Å². The van der Waals surface area contributed by atoms with Crippen LogP contribution in [0, 0.1) is 10.1 Å². The number of nitrogens with two attached hydrogens (primary N) is 1. The average molecular weight is 294 g/mol. The van der Waals surface area contributed by atoms with Gasteiger partial charge in [0.1, 0.15) is 0 Å². The Morgan fingerprint density at radius 1 is 1.33 bits per heavy atom. The van der Waals surface area contributed by atoms with Crippen molar-refractivity contribution < 1.29 is 4.92 Å². The lowest BCUT2D eigenvalue weighted by Gasteiger charge is -2.36. The second-order valence-corrected chi connectivity index (χ2v) is 5.15. The van der Waals surface area contributed by atoms with Gasteiger partial charge in [-0.15, -0.1) is 0 Å². The van der Waals surface area contributed by atoms with Crippen LogP contribution in [-0.4, -0.2) is 43.0 Å². The number of nitro benzene ring substituents is 1. The molecule has 0 atom stereocenters. The summed E-state index contributed by atoms with van der Waals surface area (Å²) in [5.74, 6) is 0. The van der Waals surface area contributed by atoms with E-state index in [1.165, 1.54) is 12.1 Å². The molecule has 0 unspecified atom stereocenters. The minimum Gasteiger partial charge on any atom is -0.397 e. The van der Waals surface area contributed by atoms with Crippen molar-refractivity contribution in [3.8, 4) is 0 Å². The van der Waals surface area contributed by atoms with E-state index in [1.807, 2.05) is 20.9 Å². The minimum absolute atomic E-state index is 0.0398. The molecule has 0 saturated carbocycles. The van der Waals surface area contributed by atoms with E-state index in [0.29, 0.717) is 11.7 Å². The zero-order chi connectivity index (χ0) is 16.0. The molecule has 1 heterocycles. The van der Waals surface area contributed by atoms with Gasteiger partial charge in [-0.1, -0.05) is 13.8 Å². The first-order chi connectivity index (χ1) is 9.99. The molecule has 0 spiro atoms. The number of hydrogen-bond acceptors (Lipinski definition) is 5. The number of piperidine rings is 1. The standard InChI is InChI=1S/C13H20N4O2.C2H6/c1-15-7-5-10(6-8-15)16(2)13-4-3-11(17(18)19)9-12(13)14;1-2/h3-4,9-10H,5-8,14H2,1-2H3;1-2H3. The number of benzene rings is 1. The fourth-order valence-corrected chi connectivity index (χ4v) is 2.56. The molecule has 1 aliphatic rings. The van der Waals surface area contributed by atoms with Crippen LogP contribution in [0.1, 0.15) is 26.7 Å². The number of rotatable bonds is 3. The lowest BCUT2D eigenvalue weighted by molar-refractivity contribution is -0.384. The van der Waals surface area contributed by atoms with Gasteiger partial charge < -0.3 is 15.5 Å². The SMILES string of the molecule is CC.CN1CCC(N(C)c2ccc([N+](=O)[O-])cc2N)CC1. The molecule has 1 saturated heterocycles. The van der Waals surface area contributed by atoms with Crippen molar-refractivity contribution in [2.45, 2.75) is 32.7 Å². The fraction of sp³-hybridized carbons (Fsp3) is 0.600. The molecule has 2 N–H and O–H groups in total. The summed E-state index contributed by atoms with van der Waals surface area (Å²) in [6.45, 7) is 6.14. The molecule has 21 heavy (non-hydrogen) atoms. The van der Waals surface area contributed by atoms with Crippen LogP contribution in [0.5, 0.6) is 0 Å². The summed E-state index contributed by atoms with van der Waals surface area (Å²) < 4.78 is 0. The van der Waals surface area contributed by atoms with E-state index in [-0.39, 0.29) is 5.69 Å². The largest absolute Gasteiger partial charge is 0.397 e. The molecule has 0 radical (unpaired) electrons. The highest BCUT2D eigenvalue weighted by Gasteiger charge is 2.22. The highest BCUT2D eigenvalue weighted by Crippen LogP contribution is 2.30. The third kappa shape index (κ3) is 4.32. The molecule has 2 rings (SSSR count). The summed E-state index contributed by atoms with van der Waals surface area (Å²) in [5, 5.41) is 10.7. The molecule has 1 fully saturated rings. The summed E-state index contributed by atoms with van der Waals surface area (Å²) in [6.07, 6.45) is 2.17. The molecule has 6 heteroatoms. The minimum atomic E-state index is -0.421. The van der Waals surface area contributed by atoms with E-state index in [9.17, 15) is 10.1 Å². The molecular weight excluding hydrogens is 268 g/mol. The predicted octanol–water partition coefficient (Wildman–Crippen LogP) is 2.73. The third-order valence-corrected chi connectivity index (χ3v) is 3.84. The number of anilines is 2. The van der Waals surface area contributed by atoms with E-state index in [0.717, 1.165) is 31.6 Å². The topological polar surface area (TPSA) is 75.6 Å². The van der Waals surface area contributed by atoms with Gasteiger partial charge >= 0.3 is 0 Å². The van der Waals surface area contributed by atoms with Crippen molar-refractivity contribution in [3.05, 3.63) is 28.3 Å². The van der Waals surface area contributed by atoms with Crippen molar-refractivity contribution in [2.24, 2.45) is 0 Å². The first-order valence-electron chi connectivity index (χ1n) is 7.44. The van der Waals surface area contributed by atoms with E-state index in [2.05, 4.69) is 16.8 Å². The van der Waals surface area contributed by atoms with Gasteiger partial charge in [-0.2, -0.15) is 0 Å². The monoisotopic (exact) mass is 294 g/mol. The maximum atomic E-state index is 10.7. The number of hydrogen-bond donors (Lipinski definition) is 1. The van der Waals surface area contributed by atoms with Crippen LogP contribution in [0.3, 0.4) is 0 Å². The Bertz CT molecular complexity index is 471. The Balaban J connectivity index is 0.00000106. The molecule has 118 valence electrons. The Hall–Kier alpha value is -1.82. The smallest absolute Gasteiger partial charge is 0.271 e. The Morgan fingerprint density at radius 2 is 1.90 bits per heavy atom. The molecule has 0 aliphatic carbocycles. The maximum Gasteiger partial charge on any atom is 0.271 e.